The average Bonchev–Trinajstić information content (AvgIpc) is 2.67. The molecule has 0 aliphatic rings. The molecule has 0 spiro atoms. The highest BCUT2D eigenvalue weighted by molar-refractivity contribution is 6.31. The first-order chi connectivity index (χ1) is 9.93. The van der Waals surface area contributed by atoms with Crippen molar-refractivity contribution < 1.29 is 4.39 Å². The molecule has 1 atom stereocenters. The van der Waals surface area contributed by atoms with Crippen molar-refractivity contribution in [1.82, 2.24) is 15.1 Å². The summed E-state index contributed by atoms with van der Waals surface area (Å²) in [6.07, 6.45) is 0.602. The van der Waals surface area contributed by atoms with Crippen LogP contribution >= 0.6 is 11.6 Å². The number of nitrogens with one attached hydrogen (secondary N) is 1. The van der Waals surface area contributed by atoms with Crippen molar-refractivity contribution in [1.29, 1.82) is 0 Å². The summed E-state index contributed by atoms with van der Waals surface area (Å²) in [6, 6.07) is 5.07. The molecule has 2 rings (SSSR count). The van der Waals surface area contributed by atoms with Crippen LogP contribution in [-0.4, -0.2) is 16.3 Å². The molecule has 114 valence electrons. The SMILES string of the molecule is CCNC(Cc1c(Cl)c(C)nn1C)c1cc(C)ccc1F. The van der Waals surface area contributed by atoms with E-state index < -0.39 is 0 Å². The van der Waals surface area contributed by atoms with Gasteiger partial charge in [0.2, 0.25) is 0 Å². The van der Waals surface area contributed by atoms with E-state index in [4.69, 9.17) is 11.6 Å². The van der Waals surface area contributed by atoms with Crippen LogP contribution in [0.1, 0.15) is 35.5 Å². The zero-order chi connectivity index (χ0) is 15.6. The molecule has 0 saturated carbocycles. The van der Waals surface area contributed by atoms with E-state index in [0.29, 0.717) is 17.0 Å². The molecule has 0 bridgehead atoms. The highest BCUT2D eigenvalue weighted by Crippen LogP contribution is 2.27. The second kappa shape index (κ2) is 6.58. The van der Waals surface area contributed by atoms with Crippen LogP contribution in [0.15, 0.2) is 18.2 Å². The van der Waals surface area contributed by atoms with Gasteiger partial charge in [0.05, 0.1) is 16.4 Å². The summed E-state index contributed by atoms with van der Waals surface area (Å²) in [6.45, 7) is 6.61. The lowest BCUT2D eigenvalue weighted by molar-refractivity contribution is 0.496. The molecule has 0 amide bonds. The molecule has 1 aromatic heterocycles. The van der Waals surface area contributed by atoms with Gasteiger partial charge < -0.3 is 5.32 Å². The zero-order valence-electron chi connectivity index (χ0n) is 12.9. The minimum Gasteiger partial charge on any atom is -0.310 e. The van der Waals surface area contributed by atoms with E-state index in [-0.39, 0.29) is 11.9 Å². The number of benzene rings is 1. The van der Waals surface area contributed by atoms with Crippen LogP contribution in [0.4, 0.5) is 4.39 Å². The largest absolute Gasteiger partial charge is 0.310 e. The molecular formula is C16H21ClFN3. The van der Waals surface area contributed by atoms with Crippen molar-refractivity contribution in [2.45, 2.75) is 33.2 Å². The quantitative estimate of drug-likeness (QED) is 0.912. The highest BCUT2D eigenvalue weighted by Gasteiger charge is 2.20. The third-order valence-electron chi connectivity index (χ3n) is 3.64. The lowest BCUT2D eigenvalue weighted by Gasteiger charge is -2.20. The number of halogens is 2. The number of likely N-dealkylation sites (N-methyl/N-ethyl adjacent to an activating group) is 1. The Morgan fingerprint density at radius 1 is 1.38 bits per heavy atom. The molecule has 0 radical (unpaired) electrons. The third kappa shape index (κ3) is 3.44. The van der Waals surface area contributed by atoms with Crippen molar-refractivity contribution >= 4 is 11.6 Å². The van der Waals surface area contributed by atoms with E-state index in [9.17, 15) is 4.39 Å². The van der Waals surface area contributed by atoms with Crippen LogP contribution in [0.25, 0.3) is 0 Å². The van der Waals surface area contributed by atoms with Crippen LogP contribution in [-0.2, 0) is 13.5 Å². The molecule has 1 N–H and O–H groups in total. The Kier molecular flexibility index (Phi) is 5.01. The fraction of sp³-hybridized carbons (Fsp3) is 0.438. The van der Waals surface area contributed by atoms with Gasteiger partial charge in [-0.05, 0) is 26.5 Å². The van der Waals surface area contributed by atoms with E-state index in [2.05, 4.69) is 10.4 Å². The molecule has 0 fully saturated rings. The number of aromatic nitrogens is 2. The molecule has 3 nitrogen and oxygen atoms in total. The van der Waals surface area contributed by atoms with Crippen LogP contribution in [0, 0.1) is 19.7 Å². The van der Waals surface area contributed by atoms with E-state index in [1.54, 1.807) is 10.7 Å². The van der Waals surface area contributed by atoms with Crippen LogP contribution in [0.2, 0.25) is 5.02 Å². The second-order valence-electron chi connectivity index (χ2n) is 5.31. The molecule has 1 aromatic carbocycles. The van der Waals surface area contributed by atoms with E-state index in [1.807, 2.05) is 33.9 Å². The molecule has 0 aliphatic heterocycles. The summed E-state index contributed by atoms with van der Waals surface area (Å²) < 4.78 is 15.9. The summed E-state index contributed by atoms with van der Waals surface area (Å²) in [5.74, 6) is -0.193. The van der Waals surface area contributed by atoms with Gasteiger partial charge in [-0.1, -0.05) is 36.2 Å². The van der Waals surface area contributed by atoms with Gasteiger partial charge in [0, 0.05) is 25.1 Å². The molecule has 1 unspecified atom stereocenters. The number of rotatable bonds is 5. The Morgan fingerprint density at radius 2 is 2.10 bits per heavy atom. The number of hydrogen-bond acceptors (Lipinski definition) is 2. The van der Waals surface area contributed by atoms with Crippen LogP contribution < -0.4 is 5.32 Å². The van der Waals surface area contributed by atoms with Crippen molar-refractivity contribution in [3.63, 3.8) is 0 Å². The minimum absolute atomic E-state index is 0.123. The lowest BCUT2D eigenvalue weighted by Crippen LogP contribution is -2.25. The fourth-order valence-electron chi connectivity index (χ4n) is 2.56. The second-order valence-corrected chi connectivity index (χ2v) is 5.69. The van der Waals surface area contributed by atoms with Gasteiger partial charge in [0.25, 0.3) is 0 Å². The van der Waals surface area contributed by atoms with Gasteiger partial charge in [0.1, 0.15) is 5.82 Å². The molecule has 1 heterocycles. The average molecular weight is 310 g/mol. The van der Waals surface area contributed by atoms with Gasteiger partial charge in [-0.25, -0.2) is 4.39 Å². The van der Waals surface area contributed by atoms with Crippen LogP contribution in [0.5, 0.6) is 0 Å². The number of nitrogens with zero attached hydrogens (tertiary/aromatic N) is 2. The Balaban J connectivity index is 2.37. The van der Waals surface area contributed by atoms with Crippen LogP contribution in [0.3, 0.4) is 0 Å². The van der Waals surface area contributed by atoms with Gasteiger partial charge >= 0.3 is 0 Å². The lowest BCUT2D eigenvalue weighted by atomic mass is 9.99. The number of aryl methyl sites for hydroxylation is 3. The summed E-state index contributed by atoms with van der Waals surface area (Å²) >= 11 is 6.31. The first kappa shape index (κ1) is 16.0. The van der Waals surface area contributed by atoms with Gasteiger partial charge in [0.15, 0.2) is 0 Å². The fourth-order valence-corrected chi connectivity index (χ4v) is 2.80. The molecule has 5 heteroatoms. The van der Waals surface area contributed by atoms with E-state index >= 15 is 0 Å². The predicted octanol–water partition coefficient (Wildman–Crippen LogP) is 3.72. The topological polar surface area (TPSA) is 29.9 Å². The first-order valence-corrected chi connectivity index (χ1v) is 7.49. The van der Waals surface area contributed by atoms with Crippen molar-refractivity contribution in [2.75, 3.05) is 6.54 Å². The molecule has 0 aliphatic carbocycles. The van der Waals surface area contributed by atoms with E-state index in [1.165, 1.54) is 6.07 Å². The maximum absolute atomic E-state index is 14.2. The van der Waals surface area contributed by atoms with Gasteiger partial charge in [-0.15, -0.1) is 0 Å². The molecular weight excluding hydrogens is 289 g/mol. The van der Waals surface area contributed by atoms with Crippen molar-refractivity contribution in [2.24, 2.45) is 7.05 Å². The zero-order valence-corrected chi connectivity index (χ0v) is 13.6. The maximum Gasteiger partial charge on any atom is 0.128 e. The Morgan fingerprint density at radius 3 is 2.67 bits per heavy atom. The van der Waals surface area contributed by atoms with E-state index in [0.717, 1.165) is 23.5 Å². The summed E-state index contributed by atoms with van der Waals surface area (Å²) in [4.78, 5) is 0. The summed E-state index contributed by atoms with van der Waals surface area (Å²) in [5.41, 5.74) is 3.43. The molecule has 21 heavy (non-hydrogen) atoms. The Bertz CT molecular complexity index is 637. The van der Waals surface area contributed by atoms with Crippen molar-refractivity contribution in [3.8, 4) is 0 Å². The summed E-state index contributed by atoms with van der Waals surface area (Å²) in [7, 11) is 1.86. The minimum atomic E-state index is -0.193. The Hall–Kier alpha value is -1.39. The Labute approximate surface area is 130 Å². The first-order valence-electron chi connectivity index (χ1n) is 7.11. The monoisotopic (exact) mass is 309 g/mol. The number of hydrogen-bond donors (Lipinski definition) is 1. The molecule has 2 aromatic rings. The van der Waals surface area contributed by atoms with Gasteiger partial charge in [-0.2, -0.15) is 5.10 Å². The smallest absolute Gasteiger partial charge is 0.128 e. The highest BCUT2D eigenvalue weighted by atomic mass is 35.5. The standard InChI is InChI=1S/C16H21ClFN3/c1-5-19-14(12-8-10(2)6-7-13(12)18)9-15-16(17)11(3)20-21(15)4/h6-8,14,19H,5,9H2,1-4H3. The normalized spacial score (nSPS) is 12.7. The predicted molar refractivity (Wildman–Crippen MR) is 84.2 cm³/mol. The molecule has 0 saturated heterocycles. The summed E-state index contributed by atoms with van der Waals surface area (Å²) in [5, 5.41) is 8.32. The maximum atomic E-state index is 14.2. The third-order valence-corrected chi connectivity index (χ3v) is 4.13. The van der Waals surface area contributed by atoms with Crippen molar-refractivity contribution in [3.05, 3.63) is 51.6 Å². The van der Waals surface area contributed by atoms with Gasteiger partial charge in [-0.3, -0.25) is 4.68 Å².